The number of nitrogens with zero attached hydrogens (tertiary/aromatic N) is 1. The summed E-state index contributed by atoms with van der Waals surface area (Å²) in [7, 11) is 0. The van der Waals surface area contributed by atoms with E-state index in [0.717, 1.165) is 26.1 Å². The lowest BCUT2D eigenvalue weighted by Gasteiger charge is -2.44. The van der Waals surface area contributed by atoms with Crippen molar-refractivity contribution >= 4 is 5.91 Å². The molecule has 1 atom stereocenters. The first-order valence-electron chi connectivity index (χ1n) is 7.01. The highest BCUT2D eigenvalue weighted by atomic mass is 16.1. The minimum atomic E-state index is 0.0783. The normalized spacial score (nSPS) is 23.0. The van der Waals surface area contributed by atoms with Gasteiger partial charge >= 0.3 is 0 Å². The standard InChI is InChI=1S/C16H24N2O/c1-13(19)17-15-9-10-18(12-16(15,2)3)11-14-7-5-4-6-8-14/h4-8,15H,9-12H2,1-3H3,(H,17,19). The highest BCUT2D eigenvalue weighted by Gasteiger charge is 2.36. The predicted octanol–water partition coefficient (Wildman–Crippen LogP) is 2.42. The highest BCUT2D eigenvalue weighted by molar-refractivity contribution is 5.73. The van der Waals surface area contributed by atoms with Gasteiger partial charge in [-0.2, -0.15) is 0 Å². The van der Waals surface area contributed by atoms with Crippen molar-refractivity contribution in [3.8, 4) is 0 Å². The summed E-state index contributed by atoms with van der Waals surface area (Å²) in [4.78, 5) is 13.7. The third-order valence-corrected chi connectivity index (χ3v) is 3.93. The van der Waals surface area contributed by atoms with E-state index < -0.39 is 0 Å². The topological polar surface area (TPSA) is 32.3 Å². The van der Waals surface area contributed by atoms with E-state index in [1.165, 1.54) is 5.56 Å². The second-order valence-electron chi connectivity index (χ2n) is 6.23. The molecule has 0 radical (unpaired) electrons. The molecule has 1 aliphatic rings. The maximum absolute atomic E-state index is 11.2. The van der Waals surface area contributed by atoms with Crippen LogP contribution in [0, 0.1) is 5.41 Å². The van der Waals surface area contributed by atoms with Crippen LogP contribution in [0.4, 0.5) is 0 Å². The fourth-order valence-corrected chi connectivity index (χ4v) is 2.96. The number of carbonyl (C=O) groups excluding carboxylic acids is 1. The first kappa shape index (κ1) is 14.1. The maximum Gasteiger partial charge on any atom is 0.217 e. The van der Waals surface area contributed by atoms with Crippen LogP contribution in [-0.4, -0.2) is 29.9 Å². The van der Waals surface area contributed by atoms with Crippen molar-refractivity contribution in [2.45, 2.75) is 39.8 Å². The third-order valence-electron chi connectivity index (χ3n) is 3.93. The summed E-state index contributed by atoms with van der Waals surface area (Å²) in [6.07, 6.45) is 1.03. The maximum atomic E-state index is 11.2. The summed E-state index contributed by atoms with van der Waals surface area (Å²) < 4.78 is 0. The summed E-state index contributed by atoms with van der Waals surface area (Å²) in [5.41, 5.74) is 1.48. The molecule has 0 aliphatic carbocycles. The van der Waals surface area contributed by atoms with E-state index in [4.69, 9.17) is 0 Å². The van der Waals surface area contributed by atoms with Crippen molar-refractivity contribution in [2.24, 2.45) is 5.41 Å². The van der Waals surface area contributed by atoms with Crippen LogP contribution >= 0.6 is 0 Å². The summed E-state index contributed by atoms with van der Waals surface area (Å²) in [5.74, 6) is 0.0783. The number of nitrogens with one attached hydrogen (secondary N) is 1. The molecule has 0 saturated carbocycles. The molecule has 0 aromatic heterocycles. The average Bonchev–Trinajstić information content (AvgIpc) is 2.33. The number of carbonyl (C=O) groups is 1. The Labute approximate surface area is 116 Å². The second-order valence-corrected chi connectivity index (χ2v) is 6.23. The fraction of sp³-hybridized carbons (Fsp3) is 0.562. The molecule has 0 bridgehead atoms. The van der Waals surface area contributed by atoms with Crippen molar-refractivity contribution in [2.75, 3.05) is 13.1 Å². The van der Waals surface area contributed by atoms with Crippen LogP contribution in [0.2, 0.25) is 0 Å². The van der Waals surface area contributed by atoms with Crippen LogP contribution in [0.3, 0.4) is 0 Å². The van der Waals surface area contributed by atoms with Gasteiger partial charge in [0.15, 0.2) is 0 Å². The van der Waals surface area contributed by atoms with E-state index in [1.54, 1.807) is 6.92 Å². The molecule has 1 N–H and O–H groups in total. The van der Waals surface area contributed by atoms with Gasteiger partial charge < -0.3 is 5.32 Å². The van der Waals surface area contributed by atoms with Crippen LogP contribution in [-0.2, 0) is 11.3 Å². The van der Waals surface area contributed by atoms with Crippen LogP contribution in [0.5, 0.6) is 0 Å². The number of amides is 1. The van der Waals surface area contributed by atoms with Gasteiger partial charge in [0, 0.05) is 32.6 Å². The smallest absolute Gasteiger partial charge is 0.217 e. The second kappa shape index (κ2) is 5.74. The molecule has 1 aromatic carbocycles. The lowest BCUT2D eigenvalue weighted by atomic mass is 9.79. The van der Waals surface area contributed by atoms with Crippen LogP contribution in [0.25, 0.3) is 0 Å². The molecule has 3 nitrogen and oxygen atoms in total. The average molecular weight is 260 g/mol. The Bertz CT molecular complexity index is 428. The number of benzene rings is 1. The number of hydrogen-bond acceptors (Lipinski definition) is 2. The molecule has 1 unspecified atom stereocenters. The van der Waals surface area contributed by atoms with Gasteiger partial charge in [0.2, 0.25) is 5.91 Å². The van der Waals surface area contributed by atoms with Gasteiger partial charge in [-0.1, -0.05) is 44.2 Å². The zero-order chi connectivity index (χ0) is 13.9. The zero-order valence-electron chi connectivity index (χ0n) is 12.1. The van der Waals surface area contributed by atoms with Crippen molar-refractivity contribution in [1.82, 2.24) is 10.2 Å². The Kier molecular flexibility index (Phi) is 4.25. The molecule has 19 heavy (non-hydrogen) atoms. The van der Waals surface area contributed by atoms with Gasteiger partial charge in [-0.3, -0.25) is 9.69 Å². The Morgan fingerprint density at radius 2 is 2.05 bits per heavy atom. The van der Waals surface area contributed by atoms with Crippen molar-refractivity contribution in [3.05, 3.63) is 35.9 Å². The number of rotatable bonds is 3. The van der Waals surface area contributed by atoms with Crippen molar-refractivity contribution in [3.63, 3.8) is 0 Å². The molecule has 2 rings (SSSR count). The fourth-order valence-electron chi connectivity index (χ4n) is 2.96. The first-order chi connectivity index (χ1) is 8.97. The Morgan fingerprint density at radius 3 is 2.63 bits per heavy atom. The van der Waals surface area contributed by atoms with E-state index in [9.17, 15) is 4.79 Å². The van der Waals surface area contributed by atoms with Crippen LogP contribution < -0.4 is 5.32 Å². The largest absolute Gasteiger partial charge is 0.353 e. The summed E-state index contributed by atoms with van der Waals surface area (Å²) in [6, 6.07) is 10.9. The molecule has 1 aromatic rings. The SMILES string of the molecule is CC(=O)NC1CCN(Cc2ccccc2)CC1(C)C. The highest BCUT2D eigenvalue weighted by Crippen LogP contribution is 2.30. The molecule has 104 valence electrons. The number of likely N-dealkylation sites (tertiary alicyclic amines) is 1. The van der Waals surface area contributed by atoms with E-state index in [1.807, 2.05) is 0 Å². The van der Waals surface area contributed by atoms with Crippen molar-refractivity contribution in [1.29, 1.82) is 0 Å². The minimum absolute atomic E-state index is 0.0783. The molecule has 1 heterocycles. The Hall–Kier alpha value is -1.35. The first-order valence-corrected chi connectivity index (χ1v) is 7.01. The molecule has 1 fully saturated rings. The Balaban J connectivity index is 1.96. The molecular formula is C16H24N2O. The van der Waals surface area contributed by atoms with E-state index in [0.29, 0.717) is 0 Å². The summed E-state index contributed by atoms with van der Waals surface area (Å²) in [6.45, 7) is 9.15. The third kappa shape index (κ3) is 3.80. The van der Waals surface area contributed by atoms with E-state index >= 15 is 0 Å². The van der Waals surface area contributed by atoms with Gasteiger partial charge in [0.1, 0.15) is 0 Å². The van der Waals surface area contributed by atoms with Gasteiger partial charge in [-0.25, -0.2) is 0 Å². The lowest BCUT2D eigenvalue weighted by molar-refractivity contribution is -0.121. The summed E-state index contributed by atoms with van der Waals surface area (Å²) >= 11 is 0. The van der Waals surface area contributed by atoms with Gasteiger partial charge in [-0.15, -0.1) is 0 Å². The molecule has 0 spiro atoms. The molecule has 1 amide bonds. The predicted molar refractivity (Wildman–Crippen MR) is 77.7 cm³/mol. The number of piperidine rings is 1. The van der Waals surface area contributed by atoms with Gasteiger partial charge in [0.05, 0.1) is 0 Å². The monoisotopic (exact) mass is 260 g/mol. The summed E-state index contributed by atoms with van der Waals surface area (Å²) in [5, 5.41) is 3.09. The van der Waals surface area contributed by atoms with E-state index in [-0.39, 0.29) is 17.4 Å². The lowest BCUT2D eigenvalue weighted by Crippen LogP contribution is -2.55. The van der Waals surface area contributed by atoms with Gasteiger partial charge in [-0.05, 0) is 17.4 Å². The van der Waals surface area contributed by atoms with Crippen LogP contribution in [0.15, 0.2) is 30.3 Å². The minimum Gasteiger partial charge on any atom is -0.353 e. The van der Waals surface area contributed by atoms with Crippen LogP contribution in [0.1, 0.15) is 32.8 Å². The molecule has 3 heteroatoms. The quantitative estimate of drug-likeness (QED) is 0.905. The molecule has 1 saturated heterocycles. The zero-order valence-corrected chi connectivity index (χ0v) is 12.1. The van der Waals surface area contributed by atoms with Gasteiger partial charge in [0.25, 0.3) is 0 Å². The Morgan fingerprint density at radius 1 is 1.37 bits per heavy atom. The van der Waals surface area contributed by atoms with E-state index in [2.05, 4.69) is 54.4 Å². The molecule has 1 aliphatic heterocycles. The van der Waals surface area contributed by atoms with Crippen molar-refractivity contribution < 1.29 is 4.79 Å². The number of hydrogen-bond donors (Lipinski definition) is 1. The molecular weight excluding hydrogens is 236 g/mol.